The third-order valence-electron chi connectivity index (χ3n) is 5.78. The molecule has 12 nitrogen and oxygen atoms in total. The van der Waals surface area contributed by atoms with Crippen LogP contribution < -0.4 is 10.5 Å². The van der Waals surface area contributed by atoms with Gasteiger partial charge in [0.05, 0.1) is 12.3 Å². The van der Waals surface area contributed by atoms with Gasteiger partial charge in [-0.15, -0.1) is 0 Å². The molecular weight excluding hydrogens is 521 g/mol. The molecular formula is C19H17BrN5O7P. The Labute approximate surface area is 195 Å². The fourth-order valence-corrected chi connectivity index (χ4v) is 5.64. The Morgan fingerprint density at radius 3 is 2.85 bits per heavy atom. The highest BCUT2D eigenvalue weighted by molar-refractivity contribution is 9.10. The van der Waals surface area contributed by atoms with Crippen LogP contribution in [-0.4, -0.2) is 53.9 Å². The van der Waals surface area contributed by atoms with E-state index in [1.54, 1.807) is 6.20 Å². The van der Waals surface area contributed by atoms with Crippen molar-refractivity contribution in [3.05, 3.63) is 51.1 Å². The predicted octanol–water partition coefficient (Wildman–Crippen LogP) is 1.36. The molecule has 2 aliphatic rings. The van der Waals surface area contributed by atoms with E-state index in [1.165, 1.54) is 8.97 Å². The molecule has 172 valence electrons. The fraction of sp³-hybridized carbons (Fsp3) is 0.316. The first-order valence-corrected chi connectivity index (χ1v) is 12.2. The minimum absolute atomic E-state index is 0. The number of aliphatic hydroxyl groups is 1. The normalized spacial score (nSPS) is 29.7. The number of hydrogen-bond donors (Lipinski definition) is 2. The van der Waals surface area contributed by atoms with Crippen LogP contribution in [0.4, 0.5) is 0 Å². The maximum Gasteiger partial charge on any atom is 1.00 e. The van der Waals surface area contributed by atoms with E-state index in [9.17, 15) is 19.4 Å². The van der Waals surface area contributed by atoms with Crippen LogP contribution in [0.5, 0.6) is 0 Å². The number of nitrogens with one attached hydrogen (secondary N) is 1. The lowest BCUT2D eigenvalue weighted by Gasteiger charge is -2.34. The van der Waals surface area contributed by atoms with Gasteiger partial charge in [-0.3, -0.25) is 13.9 Å². The number of rotatable bonds is 2. The molecule has 0 amide bonds. The van der Waals surface area contributed by atoms with Gasteiger partial charge in [0.2, 0.25) is 5.78 Å². The highest BCUT2D eigenvalue weighted by Gasteiger charge is 2.51. The van der Waals surface area contributed by atoms with E-state index in [4.69, 9.17) is 9.26 Å². The van der Waals surface area contributed by atoms with Crippen LogP contribution in [0.15, 0.2) is 40.0 Å². The van der Waals surface area contributed by atoms with Gasteiger partial charge in [0, 0.05) is 6.20 Å². The predicted molar refractivity (Wildman–Crippen MR) is 116 cm³/mol. The van der Waals surface area contributed by atoms with Crippen molar-refractivity contribution in [3.8, 4) is 11.3 Å². The van der Waals surface area contributed by atoms with E-state index in [0.717, 1.165) is 11.1 Å². The van der Waals surface area contributed by atoms with E-state index in [-0.39, 0.29) is 29.7 Å². The highest BCUT2D eigenvalue weighted by Crippen LogP contribution is 2.50. The number of aliphatic hydroxyl groups excluding tert-OH is 1. The maximum atomic E-state index is 13.2. The number of imidazole rings is 2. The second-order valence-corrected chi connectivity index (χ2v) is 10.0. The molecule has 5 atom stereocenters. The second-order valence-electron chi connectivity index (χ2n) is 7.94. The first-order chi connectivity index (χ1) is 15.7. The number of nitrogens with zero attached hydrogens (tertiary/aromatic N) is 4. The summed E-state index contributed by atoms with van der Waals surface area (Å²) in [5, 5.41) is 10.8. The lowest BCUT2D eigenvalue weighted by Crippen LogP contribution is -2.41. The molecule has 0 bridgehead atoms. The lowest BCUT2D eigenvalue weighted by molar-refractivity contribution is -0.245. The molecule has 2 N–H and O–H groups in total. The van der Waals surface area contributed by atoms with Gasteiger partial charge < -0.3 is 28.8 Å². The Morgan fingerprint density at radius 1 is 1.33 bits per heavy atom. The van der Waals surface area contributed by atoms with Gasteiger partial charge in [-0.25, -0.2) is 9.38 Å². The smallest absolute Gasteiger partial charge is 0.756 e. The molecule has 2 aliphatic heterocycles. The highest BCUT2D eigenvalue weighted by atomic mass is 79.9. The van der Waals surface area contributed by atoms with Crippen LogP contribution in [0, 0.1) is 6.92 Å². The van der Waals surface area contributed by atoms with Gasteiger partial charge in [-0.1, -0.05) is 29.8 Å². The van der Waals surface area contributed by atoms with E-state index in [2.05, 4.69) is 35.4 Å². The number of phosphoric ester groups is 1. The summed E-state index contributed by atoms with van der Waals surface area (Å²) in [7, 11) is -4.53. The quantitative estimate of drug-likeness (QED) is 0.284. The lowest BCUT2D eigenvalue weighted by atomic mass is 10.1. The Hall–Kier alpha value is -2.38. The Kier molecular flexibility index (Phi) is 4.69. The summed E-state index contributed by atoms with van der Waals surface area (Å²) < 4.78 is 30.0. The molecule has 6 rings (SSSR count). The van der Waals surface area contributed by atoms with Crippen LogP contribution >= 0.6 is 23.8 Å². The molecule has 2 saturated heterocycles. The topological polar surface area (TPSA) is 156 Å². The molecule has 0 radical (unpaired) electrons. The Bertz CT molecular complexity index is 1520. The van der Waals surface area contributed by atoms with Crippen molar-refractivity contribution in [1.82, 2.24) is 23.9 Å². The molecule has 1 aromatic carbocycles. The summed E-state index contributed by atoms with van der Waals surface area (Å²) >= 11 is 3.30. The number of phosphoric acid groups is 1. The molecule has 33 heavy (non-hydrogen) atoms. The average Bonchev–Trinajstić information content (AvgIpc) is 3.43. The van der Waals surface area contributed by atoms with Crippen molar-refractivity contribution in [1.29, 1.82) is 0 Å². The summed E-state index contributed by atoms with van der Waals surface area (Å²) in [5.41, 5.74) is 2.46. The molecule has 0 aliphatic carbocycles. The van der Waals surface area contributed by atoms with Crippen molar-refractivity contribution in [2.45, 2.75) is 31.5 Å². The maximum absolute atomic E-state index is 13.2. The molecule has 2 fully saturated rings. The van der Waals surface area contributed by atoms with Gasteiger partial charge in [0.25, 0.3) is 13.4 Å². The largest absolute Gasteiger partial charge is 1.00 e. The summed E-state index contributed by atoms with van der Waals surface area (Å²) in [6.45, 7) is 1.69. The molecule has 5 heterocycles. The number of aryl methyl sites for hydroxylation is 1. The van der Waals surface area contributed by atoms with Gasteiger partial charge >= 0.3 is 1.43 Å². The van der Waals surface area contributed by atoms with Gasteiger partial charge in [-0.05, 0) is 28.4 Å². The number of aromatic amines is 1. The fourth-order valence-electron chi connectivity index (χ4n) is 4.15. The molecule has 3 unspecified atom stereocenters. The zero-order valence-corrected chi connectivity index (χ0v) is 19.4. The Morgan fingerprint density at radius 2 is 2.09 bits per heavy atom. The molecule has 14 heteroatoms. The third kappa shape index (κ3) is 3.31. The number of fused-ring (bicyclic) bond motifs is 3. The second kappa shape index (κ2) is 7.31. The van der Waals surface area contributed by atoms with Crippen LogP contribution in [0.3, 0.4) is 0 Å². The number of H-pyrrole nitrogens is 1. The van der Waals surface area contributed by atoms with Crippen molar-refractivity contribution in [3.63, 3.8) is 0 Å². The van der Waals surface area contributed by atoms with Crippen LogP contribution in [0.25, 0.3) is 28.2 Å². The van der Waals surface area contributed by atoms with E-state index in [0.29, 0.717) is 5.69 Å². The van der Waals surface area contributed by atoms with Crippen molar-refractivity contribution < 1.29 is 29.8 Å². The SMILES string of the molecule is Cc1ccc(-c2cn3c(=O)c4nc(Br)n([C@@H]5OC6COP(=O)([O-])O[C@H]6C5O)c4nc3[nH]2)cc1.[H+]. The number of ether oxygens (including phenoxy) is 1. The first-order valence-electron chi connectivity index (χ1n) is 9.95. The molecule has 0 saturated carbocycles. The van der Waals surface area contributed by atoms with E-state index >= 15 is 0 Å². The standard InChI is InChI=1S/C19H17BrN5O7P/c1-8-2-4-9(5-3-8)10-6-24-16(27)12-15(23-19(24)21-10)25(18(20)22-12)17-13(26)14-11(31-17)7-30-33(28,29)32-14/h2-6,11,13-14,17,26H,7H2,1H3,(H,21,23)(H,28,29)/t11?,13?,14-,17-/m1/s1. The zero-order chi connectivity index (χ0) is 23.1. The number of hydrogen-bond acceptors (Lipinski definition) is 9. The van der Waals surface area contributed by atoms with E-state index in [1.807, 2.05) is 31.2 Å². The monoisotopic (exact) mass is 537 g/mol. The minimum atomic E-state index is -4.53. The van der Waals surface area contributed by atoms with Crippen molar-refractivity contribution in [2.75, 3.05) is 6.61 Å². The van der Waals surface area contributed by atoms with E-state index < -0.39 is 37.9 Å². The number of halogens is 1. The van der Waals surface area contributed by atoms with Crippen LogP contribution in [0.2, 0.25) is 0 Å². The summed E-state index contributed by atoms with van der Waals surface area (Å²) in [4.78, 5) is 36.8. The summed E-state index contributed by atoms with van der Waals surface area (Å²) in [6.07, 6.45) is -2.81. The molecule has 3 aromatic heterocycles. The summed E-state index contributed by atoms with van der Waals surface area (Å²) in [6, 6.07) is 7.79. The zero-order valence-electron chi connectivity index (χ0n) is 17.9. The van der Waals surface area contributed by atoms with Gasteiger partial charge in [-0.2, -0.15) is 4.98 Å². The number of benzene rings is 1. The van der Waals surface area contributed by atoms with Gasteiger partial charge in [0.15, 0.2) is 22.1 Å². The van der Waals surface area contributed by atoms with Crippen molar-refractivity contribution in [2.24, 2.45) is 0 Å². The third-order valence-corrected chi connectivity index (χ3v) is 7.31. The van der Waals surface area contributed by atoms with Crippen molar-refractivity contribution >= 4 is 40.7 Å². The molecule has 4 aromatic rings. The Balaban J connectivity index is 0.00000241. The summed E-state index contributed by atoms with van der Waals surface area (Å²) in [5.74, 6) is 0.269. The van der Waals surface area contributed by atoms with Gasteiger partial charge in [0.1, 0.15) is 18.3 Å². The number of aromatic nitrogens is 5. The molecule has 0 spiro atoms. The minimum Gasteiger partial charge on any atom is -0.756 e. The average molecular weight is 538 g/mol. The van der Waals surface area contributed by atoms with Crippen LogP contribution in [-0.2, 0) is 18.3 Å². The first kappa shape index (κ1) is 21.2. The van der Waals surface area contributed by atoms with Crippen LogP contribution in [0.1, 0.15) is 13.2 Å².